The number of aryl methyl sites for hydroxylation is 1. The molecule has 2 aromatic rings. The van der Waals surface area contributed by atoms with E-state index in [1.807, 2.05) is 45.9 Å². The highest BCUT2D eigenvalue weighted by atomic mass is 16.5. The van der Waals surface area contributed by atoms with Crippen LogP contribution in [0.15, 0.2) is 42.7 Å². The van der Waals surface area contributed by atoms with Crippen molar-refractivity contribution in [1.29, 1.82) is 0 Å². The van der Waals surface area contributed by atoms with Gasteiger partial charge in [0.05, 0.1) is 13.2 Å². The smallest absolute Gasteiger partial charge is 0.241 e. The maximum atomic E-state index is 14.0. The Morgan fingerprint density at radius 3 is 2.80 bits per heavy atom. The van der Waals surface area contributed by atoms with Gasteiger partial charge >= 0.3 is 0 Å². The molecule has 7 heteroatoms. The first-order valence-corrected chi connectivity index (χ1v) is 15.2. The first kappa shape index (κ1) is 28.6. The van der Waals surface area contributed by atoms with Gasteiger partial charge in [0.2, 0.25) is 11.8 Å². The molecule has 0 radical (unpaired) electrons. The average Bonchev–Trinajstić information content (AvgIpc) is 3.59. The average molecular weight is 548 g/mol. The molecule has 0 aliphatic carbocycles. The van der Waals surface area contributed by atoms with Gasteiger partial charge in [0, 0.05) is 56.0 Å². The number of pyridine rings is 1. The Morgan fingerprint density at radius 2 is 2.08 bits per heavy atom. The zero-order chi connectivity index (χ0) is 28.4. The number of hydrogen-bond acceptors (Lipinski definition) is 4. The molecule has 3 atom stereocenters. The van der Waals surface area contributed by atoms with Gasteiger partial charge in [0.1, 0.15) is 18.5 Å². The van der Waals surface area contributed by atoms with Crippen LogP contribution in [0.5, 0.6) is 5.75 Å². The molecule has 0 bridgehead atoms. The van der Waals surface area contributed by atoms with Crippen LogP contribution in [-0.4, -0.2) is 67.0 Å². The summed E-state index contributed by atoms with van der Waals surface area (Å²) in [5.74, 6) is 2.14. The van der Waals surface area contributed by atoms with E-state index in [9.17, 15) is 9.59 Å². The minimum atomic E-state index is -0.266. The highest BCUT2D eigenvalue weighted by Gasteiger charge is 2.43. The minimum Gasteiger partial charge on any atom is -0.493 e. The first-order chi connectivity index (χ1) is 19.2. The normalized spacial score (nSPS) is 23.9. The number of aromatic nitrogens is 1. The standard InChI is InChI=1S/C33H47N4O3/c1-6-7-16-37(27-9-8-15-34(5)21-27)31(38)23-36-22-28(25-10-11-30-26(20-25)13-19-40-30)24(2)29(36)12-17-35-18-14-33(3,4)32(35)39/h8-11,15,20-21,24,28-29H,6-7,12-14,16-19,22-23H2,1-5H3/q+1/t24-,28+,29+/m1/s1. The van der Waals surface area contributed by atoms with Crippen LogP contribution in [0.1, 0.15) is 70.4 Å². The molecule has 2 fully saturated rings. The third kappa shape index (κ3) is 5.90. The van der Waals surface area contributed by atoms with Crippen LogP contribution in [-0.2, 0) is 23.1 Å². The second-order valence-electron chi connectivity index (χ2n) is 12.8. The Labute approximate surface area is 240 Å². The molecule has 0 N–H and O–H groups in total. The molecule has 0 spiro atoms. The lowest BCUT2D eigenvalue weighted by Crippen LogP contribution is -2.45. The monoisotopic (exact) mass is 547 g/mol. The third-order valence-corrected chi connectivity index (χ3v) is 9.46. The molecule has 216 valence electrons. The van der Waals surface area contributed by atoms with Gasteiger partial charge in [-0.2, -0.15) is 0 Å². The van der Waals surface area contributed by atoms with Crippen molar-refractivity contribution in [2.45, 2.75) is 71.8 Å². The van der Waals surface area contributed by atoms with E-state index >= 15 is 0 Å². The molecule has 2 saturated heterocycles. The van der Waals surface area contributed by atoms with Crippen molar-refractivity contribution in [3.8, 4) is 5.75 Å². The number of anilines is 1. The van der Waals surface area contributed by atoms with Crippen LogP contribution >= 0.6 is 0 Å². The highest BCUT2D eigenvalue weighted by molar-refractivity contribution is 5.94. The summed E-state index contributed by atoms with van der Waals surface area (Å²) in [5, 5.41) is 0. The summed E-state index contributed by atoms with van der Waals surface area (Å²) in [5.41, 5.74) is 3.32. The summed E-state index contributed by atoms with van der Waals surface area (Å²) < 4.78 is 7.77. The van der Waals surface area contributed by atoms with Crippen molar-refractivity contribution >= 4 is 17.5 Å². The maximum Gasteiger partial charge on any atom is 0.241 e. The number of nitrogens with zero attached hydrogens (tertiary/aromatic N) is 4. The van der Waals surface area contributed by atoms with Gasteiger partial charge in [0.25, 0.3) is 0 Å². The van der Waals surface area contributed by atoms with Crippen molar-refractivity contribution in [3.05, 3.63) is 53.9 Å². The number of amides is 2. The van der Waals surface area contributed by atoms with E-state index < -0.39 is 0 Å². The SMILES string of the molecule is CCCCN(C(=O)CN1C[C@H](c2ccc3c(c2)CCO3)[C@@H](C)[C@@H]1CCN1CCC(C)(C)C1=O)c1ccc[n+](C)c1. The minimum absolute atomic E-state index is 0.151. The Hall–Kier alpha value is -2.93. The van der Waals surface area contributed by atoms with Crippen LogP contribution in [0, 0.1) is 11.3 Å². The predicted octanol–water partition coefficient (Wildman–Crippen LogP) is 4.33. The van der Waals surface area contributed by atoms with Gasteiger partial charge in [-0.1, -0.05) is 46.2 Å². The van der Waals surface area contributed by atoms with Gasteiger partial charge in [-0.15, -0.1) is 0 Å². The number of unbranched alkanes of at least 4 members (excludes halogenated alkanes) is 1. The molecule has 3 aliphatic heterocycles. The zero-order valence-electron chi connectivity index (χ0n) is 25.1. The number of ether oxygens (including phenoxy) is 1. The van der Waals surface area contributed by atoms with Crippen LogP contribution in [0.25, 0.3) is 0 Å². The number of carbonyl (C=O) groups excluding carboxylic acids is 2. The van der Waals surface area contributed by atoms with Gasteiger partial charge in [-0.25, -0.2) is 4.57 Å². The largest absolute Gasteiger partial charge is 0.493 e. The van der Waals surface area contributed by atoms with E-state index in [4.69, 9.17) is 4.74 Å². The Morgan fingerprint density at radius 1 is 1.25 bits per heavy atom. The van der Waals surface area contributed by atoms with E-state index in [1.165, 1.54) is 11.1 Å². The summed E-state index contributed by atoms with van der Waals surface area (Å²) in [6, 6.07) is 10.9. The molecule has 4 heterocycles. The van der Waals surface area contributed by atoms with Gasteiger partial charge < -0.3 is 14.5 Å². The molecular weight excluding hydrogens is 500 g/mol. The van der Waals surface area contributed by atoms with E-state index in [2.05, 4.69) is 50.8 Å². The highest BCUT2D eigenvalue weighted by Crippen LogP contribution is 2.41. The number of hydrogen-bond donors (Lipinski definition) is 0. The fourth-order valence-corrected chi connectivity index (χ4v) is 6.89. The van der Waals surface area contributed by atoms with E-state index in [0.29, 0.717) is 18.4 Å². The summed E-state index contributed by atoms with van der Waals surface area (Å²) in [6.07, 6.45) is 8.80. The van der Waals surface area contributed by atoms with Gasteiger partial charge in [-0.3, -0.25) is 14.5 Å². The molecule has 2 amide bonds. The Balaban J connectivity index is 1.37. The van der Waals surface area contributed by atoms with E-state index in [1.54, 1.807) is 0 Å². The van der Waals surface area contributed by atoms with Crippen molar-refractivity contribution in [3.63, 3.8) is 0 Å². The van der Waals surface area contributed by atoms with Crippen molar-refractivity contribution in [2.75, 3.05) is 44.2 Å². The molecule has 1 aromatic carbocycles. The third-order valence-electron chi connectivity index (χ3n) is 9.46. The van der Waals surface area contributed by atoms with E-state index in [0.717, 1.165) is 76.3 Å². The topological polar surface area (TPSA) is 57.0 Å². The van der Waals surface area contributed by atoms with Gasteiger partial charge in [0.15, 0.2) is 12.4 Å². The lowest BCUT2D eigenvalue weighted by molar-refractivity contribution is -0.670. The predicted molar refractivity (Wildman–Crippen MR) is 157 cm³/mol. The van der Waals surface area contributed by atoms with Crippen LogP contribution in [0.2, 0.25) is 0 Å². The van der Waals surface area contributed by atoms with Crippen LogP contribution in [0.4, 0.5) is 5.69 Å². The molecule has 40 heavy (non-hydrogen) atoms. The molecule has 0 saturated carbocycles. The van der Waals surface area contributed by atoms with Crippen LogP contribution < -0.4 is 14.2 Å². The van der Waals surface area contributed by atoms with Gasteiger partial charge in [-0.05, 0) is 48.4 Å². The lowest BCUT2D eigenvalue weighted by Gasteiger charge is -2.31. The summed E-state index contributed by atoms with van der Waals surface area (Å²) in [6.45, 7) is 12.9. The molecule has 7 nitrogen and oxygen atoms in total. The lowest BCUT2D eigenvalue weighted by atomic mass is 9.85. The Kier molecular flexibility index (Phi) is 8.50. The molecule has 0 unspecified atom stereocenters. The summed E-state index contributed by atoms with van der Waals surface area (Å²) in [4.78, 5) is 33.4. The second-order valence-corrected chi connectivity index (χ2v) is 12.8. The van der Waals surface area contributed by atoms with E-state index in [-0.39, 0.29) is 23.3 Å². The zero-order valence-corrected chi connectivity index (χ0v) is 25.1. The number of rotatable bonds is 10. The first-order valence-electron chi connectivity index (χ1n) is 15.2. The number of likely N-dealkylation sites (tertiary alicyclic amines) is 2. The molecule has 5 rings (SSSR count). The quantitative estimate of drug-likeness (QED) is 0.416. The Bertz CT molecular complexity index is 1230. The van der Waals surface area contributed by atoms with Crippen molar-refractivity contribution < 1.29 is 18.9 Å². The molecular formula is C33H47N4O3+. The second kappa shape index (κ2) is 11.9. The fourth-order valence-electron chi connectivity index (χ4n) is 6.89. The number of benzene rings is 1. The van der Waals surface area contributed by atoms with Crippen molar-refractivity contribution in [1.82, 2.24) is 9.80 Å². The fraction of sp³-hybridized carbons (Fsp3) is 0.606. The maximum absolute atomic E-state index is 14.0. The summed E-state index contributed by atoms with van der Waals surface area (Å²) >= 11 is 0. The molecule has 3 aliphatic rings. The number of fused-ring (bicyclic) bond motifs is 1. The number of carbonyl (C=O) groups is 2. The molecule has 1 aromatic heterocycles. The van der Waals surface area contributed by atoms with Crippen molar-refractivity contribution in [2.24, 2.45) is 18.4 Å². The van der Waals surface area contributed by atoms with Crippen LogP contribution in [0.3, 0.4) is 0 Å². The summed E-state index contributed by atoms with van der Waals surface area (Å²) in [7, 11) is 2.00.